The summed E-state index contributed by atoms with van der Waals surface area (Å²) in [7, 11) is 0. The second kappa shape index (κ2) is 5.39. The molecule has 0 spiro atoms. The third-order valence-corrected chi connectivity index (χ3v) is 3.57. The highest BCUT2D eigenvalue weighted by atomic mass is 16.1. The standard InChI is InChI=1S/C14H20N2O/c1-3-13-12(9-10(2)15-16-13)14(17)11-7-5-4-6-8-11/h9,11H,3-8H2,1-2H3. The normalized spacial score (nSPS) is 17.1. The fraction of sp³-hybridized carbons (Fsp3) is 0.643. The van der Waals surface area contributed by atoms with Crippen molar-refractivity contribution in [3.8, 4) is 0 Å². The Morgan fingerprint density at radius 2 is 2.00 bits per heavy atom. The monoisotopic (exact) mass is 232 g/mol. The van der Waals surface area contributed by atoms with Crippen LogP contribution in [-0.2, 0) is 6.42 Å². The lowest BCUT2D eigenvalue weighted by molar-refractivity contribution is 0.0887. The van der Waals surface area contributed by atoms with Crippen LogP contribution in [0.25, 0.3) is 0 Å². The molecule has 17 heavy (non-hydrogen) atoms. The number of ketones is 1. The van der Waals surface area contributed by atoms with Crippen molar-refractivity contribution in [3.63, 3.8) is 0 Å². The van der Waals surface area contributed by atoms with E-state index in [0.717, 1.165) is 36.2 Å². The number of carbonyl (C=O) groups excluding carboxylic acids is 1. The van der Waals surface area contributed by atoms with Crippen LogP contribution >= 0.6 is 0 Å². The van der Waals surface area contributed by atoms with E-state index in [2.05, 4.69) is 10.2 Å². The van der Waals surface area contributed by atoms with Crippen molar-refractivity contribution < 1.29 is 4.79 Å². The fourth-order valence-electron chi connectivity index (χ4n) is 2.57. The fourth-order valence-corrected chi connectivity index (χ4v) is 2.57. The number of rotatable bonds is 3. The van der Waals surface area contributed by atoms with Gasteiger partial charge in [-0.25, -0.2) is 0 Å². The molecule has 0 unspecified atom stereocenters. The third-order valence-electron chi connectivity index (χ3n) is 3.57. The van der Waals surface area contributed by atoms with Gasteiger partial charge < -0.3 is 0 Å². The van der Waals surface area contributed by atoms with Gasteiger partial charge in [0.2, 0.25) is 0 Å². The molecule has 0 bridgehead atoms. The molecule has 1 aliphatic rings. The molecule has 0 saturated heterocycles. The Bertz CT molecular complexity index is 409. The maximum absolute atomic E-state index is 12.5. The summed E-state index contributed by atoms with van der Waals surface area (Å²) in [6, 6.07) is 1.91. The molecule has 3 nitrogen and oxygen atoms in total. The largest absolute Gasteiger partial charge is 0.294 e. The highest BCUT2D eigenvalue weighted by Crippen LogP contribution is 2.27. The van der Waals surface area contributed by atoms with Gasteiger partial charge in [-0.1, -0.05) is 26.2 Å². The Morgan fingerprint density at radius 1 is 1.29 bits per heavy atom. The van der Waals surface area contributed by atoms with Crippen molar-refractivity contribution in [2.75, 3.05) is 0 Å². The molecule has 92 valence electrons. The molecule has 0 amide bonds. The van der Waals surface area contributed by atoms with Crippen LogP contribution < -0.4 is 0 Å². The Labute approximate surface area is 103 Å². The number of aryl methyl sites for hydroxylation is 2. The molecule has 1 aromatic rings. The molecule has 1 saturated carbocycles. The average molecular weight is 232 g/mol. The Morgan fingerprint density at radius 3 is 2.65 bits per heavy atom. The Hall–Kier alpha value is -1.25. The summed E-state index contributed by atoms with van der Waals surface area (Å²) in [6.07, 6.45) is 6.52. The molecule has 1 aliphatic carbocycles. The zero-order valence-electron chi connectivity index (χ0n) is 10.7. The molecule has 1 aromatic heterocycles. The van der Waals surface area contributed by atoms with Crippen LogP contribution in [0.3, 0.4) is 0 Å². The third kappa shape index (κ3) is 2.71. The van der Waals surface area contributed by atoms with E-state index < -0.39 is 0 Å². The minimum absolute atomic E-state index is 0.220. The molecule has 0 aromatic carbocycles. The van der Waals surface area contributed by atoms with Crippen molar-refractivity contribution in [3.05, 3.63) is 23.0 Å². The SMILES string of the molecule is CCc1nnc(C)cc1C(=O)C1CCCCC1. The summed E-state index contributed by atoms with van der Waals surface area (Å²) in [5.41, 5.74) is 2.50. The molecule has 0 atom stereocenters. The van der Waals surface area contributed by atoms with Crippen molar-refractivity contribution in [2.45, 2.75) is 52.4 Å². The number of hydrogen-bond donors (Lipinski definition) is 0. The van der Waals surface area contributed by atoms with Gasteiger partial charge in [-0.3, -0.25) is 4.79 Å². The van der Waals surface area contributed by atoms with Crippen LogP contribution in [0.1, 0.15) is 60.8 Å². The first-order valence-electron chi connectivity index (χ1n) is 6.59. The molecule has 2 rings (SSSR count). The van der Waals surface area contributed by atoms with Gasteiger partial charge >= 0.3 is 0 Å². The zero-order valence-corrected chi connectivity index (χ0v) is 10.7. The van der Waals surface area contributed by atoms with Crippen LogP contribution in [0.5, 0.6) is 0 Å². The molecule has 0 aliphatic heterocycles. The summed E-state index contributed by atoms with van der Waals surface area (Å²) in [6.45, 7) is 3.92. The van der Waals surface area contributed by atoms with Gasteiger partial charge in [0.25, 0.3) is 0 Å². The summed E-state index contributed by atoms with van der Waals surface area (Å²) >= 11 is 0. The maximum Gasteiger partial charge on any atom is 0.167 e. The van der Waals surface area contributed by atoms with Crippen LogP contribution in [0.15, 0.2) is 6.07 Å². The summed E-state index contributed by atoms with van der Waals surface area (Å²) in [4.78, 5) is 12.5. The highest BCUT2D eigenvalue weighted by molar-refractivity contribution is 5.98. The first-order valence-corrected chi connectivity index (χ1v) is 6.59. The predicted molar refractivity (Wildman–Crippen MR) is 67.1 cm³/mol. The first kappa shape index (κ1) is 12.2. The van der Waals surface area contributed by atoms with Gasteiger partial charge in [0, 0.05) is 11.5 Å². The van der Waals surface area contributed by atoms with E-state index in [9.17, 15) is 4.79 Å². The number of nitrogens with zero attached hydrogens (tertiary/aromatic N) is 2. The van der Waals surface area contributed by atoms with Crippen LogP contribution in [0.4, 0.5) is 0 Å². The quantitative estimate of drug-likeness (QED) is 0.752. The van der Waals surface area contributed by atoms with E-state index in [-0.39, 0.29) is 5.92 Å². The zero-order chi connectivity index (χ0) is 12.3. The topological polar surface area (TPSA) is 42.9 Å². The summed E-state index contributed by atoms with van der Waals surface area (Å²) < 4.78 is 0. The van der Waals surface area contributed by atoms with Crippen LogP contribution in [-0.4, -0.2) is 16.0 Å². The van der Waals surface area contributed by atoms with E-state index in [0.29, 0.717) is 5.78 Å². The first-order chi connectivity index (χ1) is 8.22. The van der Waals surface area contributed by atoms with Crippen LogP contribution in [0, 0.1) is 12.8 Å². The smallest absolute Gasteiger partial charge is 0.167 e. The molecular weight excluding hydrogens is 212 g/mol. The Balaban J connectivity index is 2.25. The van der Waals surface area contributed by atoms with E-state index in [4.69, 9.17) is 0 Å². The minimum atomic E-state index is 0.220. The second-order valence-corrected chi connectivity index (χ2v) is 4.90. The van der Waals surface area contributed by atoms with E-state index in [1.807, 2.05) is 19.9 Å². The van der Waals surface area contributed by atoms with Crippen molar-refractivity contribution in [1.29, 1.82) is 0 Å². The van der Waals surface area contributed by atoms with Gasteiger partial charge in [0.05, 0.1) is 11.4 Å². The molecule has 0 N–H and O–H groups in total. The maximum atomic E-state index is 12.5. The molecule has 3 heteroatoms. The molecule has 1 heterocycles. The average Bonchev–Trinajstić information content (AvgIpc) is 2.39. The Kier molecular flexibility index (Phi) is 3.87. The highest BCUT2D eigenvalue weighted by Gasteiger charge is 2.24. The lowest BCUT2D eigenvalue weighted by Crippen LogP contribution is -2.20. The van der Waals surface area contributed by atoms with Gasteiger partial charge in [-0.05, 0) is 32.3 Å². The number of aromatic nitrogens is 2. The number of carbonyl (C=O) groups is 1. The predicted octanol–water partition coefficient (Wildman–Crippen LogP) is 3.11. The van der Waals surface area contributed by atoms with Crippen molar-refractivity contribution in [2.24, 2.45) is 5.92 Å². The van der Waals surface area contributed by atoms with Gasteiger partial charge in [0.1, 0.15) is 0 Å². The lowest BCUT2D eigenvalue weighted by Gasteiger charge is -2.21. The van der Waals surface area contributed by atoms with E-state index in [1.165, 1.54) is 19.3 Å². The second-order valence-electron chi connectivity index (χ2n) is 4.90. The van der Waals surface area contributed by atoms with Crippen molar-refractivity contribution in [1.82, 2.24) is 10.2 Å². The summed E-state index contributed by atoms with van der Waals surface area (Å²) in [5, 5.41) is 8.18. The molecule has 1 fully saturated rings. The van der Waals surface area contributed by atoms with E-state index in [1.54, 1.807) is 0 Å². The number of hydrogen-bond acceptors (Lipinski definition) is 3. The minimum Gasteiger partial charge on any atom is -0.294 e. The molecular formula is C14H20N2O. The molecule has 0 radical (unpaired) electrons. The van der Waals surface area contributed by atoms with Gasteiger partial charge in [-0.15, -0.1) is 0 Å². The number of Topliss-reactive ketones (excluding diaryl/α,β-unsaturated/α-hetero) is 1. The van der Waals surface area contributed by atoms with Crippen molar-refractivity contribution >= 4 is 5.78 Å². The lowest BCUT2D eigenvalue weighted by atomic mass is 9.83. The van der Waals surface area contributed by atoms with Gasteiger partial charge in [0.15, 0.2) is 5.78 Å². The summed E-state index contributed by atoms with van der Waals surface area (Å²) in [5.74, 6) is 0.511. The van der Waals surface area contributed by atoms with Crippen LogP contribution in [0.2, 0.25) is 0 Å². The van der Waals surface area contributed by atoms with Gasteiger partial charge in [-0.2, -0.15) is 10.2 Å². The van der Waals surface area contributed by atoms with E-state index >= 15 is 0 Å².